The molecule has 1 amide bonds. The van der Waals surface area contributed by atoms with E-state index in [1.165, 1.54) is 15.6 Å². The number of nitrogens with one attached hydrogen (secondary N) is 1. The third kappa shape index (κ3) is 5.19. The molecule has 22 heavy (non-hydrogen) atoms. The lowest BCUT2D eigenvalue weighted by Crippen LogP contribution is -2.45. The lowest BCUT2D eigenvalue weighted by Gasteiger charge is -2.31. The Hall–Kier alpha value is -1.25. The number of hydrogen-bond acceptors (Lipinski definition) is 5. The number of thiophene rings is 1. The number of carbonyl (C=O) groups is 1. The van der Waals surface area contributed by atoms with Gasteiger partial charge in [0.2, 0.25) is 10.0 Å². The molecule has 1 aromatic heterocycles. The van der Waals surface area contributed by atoms with Crippen LogP contribution in [0.4, 0.5) is 0 Å². The van der Waals surface area contributed by atoms with Gasteiger partial charge in [-0.15, -0.1) is 11.3 Å². The van der Waals surface area contributed by atoms with E-state index in [1.807, 2.05) is 17.5 Å². The predicted molar refractivity (Wildman–Crippen MR) is 88.5 cm³/mol. The Morgan fingerprint density at radius 2 is 2.18 bits per heavy atom. The maximum Gasteiger partial charge on any atom is 0.255 e. The molecule has 122 valence electrons. The smallest absolute Gasteiger partial charge is 0.255 e. The van der Waals surface area contributed by atoms with Gasteiger partial charge in [-0.25, -0.2) is 13.8 Å². The molecule has 0 unspecified atom stereocenters. The number of amides is 1. The molecule has 0 radical (unpaired) electrons. The van der Waals surface area contributed by atoms with Crippen molar-refractivity contribution in [3.63, 3.8) is 0 Å². The fourth-order valence-corrected chi connectivity index (χ4v) is 4.28. The molecule has 1 N–H and O–H groups in total. The van der Waals surface area contributed by atoms with E-state index >= 15 is 0 Å². The molecule has 0 aliphatic heterocycles. The molecule has 0 spiro atoms. The Balaban J connectivity index is 1.93. The maximum atomic E-state index is 11.9. The molecule has 0 bridgehead atoms. The van der Waals surface area contributed by atoms with E-state index in [9.17, 15) is 13.2 Å². The quantitative estimate of drug-likeness (QED) is 0.632. The van der Waals surface area contributed by atoms with Crippen LogP contribution in [0.2, 0.25) is 0 Å². The average Bonchev–Trinajstić information content (AvgIpc) is 2.98. The SMILES string of the molecule is CS(=O)(=O)N(CC(=O)N/N=C/c1cccs1)C1CCCCC1. The number of hydrogen-bond donors (Lipinski definition) is 1. The zero-order chi connectivity index (χ0) is 16.0. The molecule has 8 heteroatoms. The molecule has 1 heterocycles. The van der Waals surface area contributed by atoms with E-state index in [0.717, 1.165) is 43.2 Å². The number of rotatable bonds is 6. The van der Waals surface area contributed by atoms with Crippen molar-refractivity contribution in [2.45, 2.75) is 38.1 Å². The van der Waals surface area contributed by atoms with Gasteiger partial charge in [0.1, 0.15) is 0 Å². The Morgan fingerprint density at radius 3 is 2.77 bits per heavy atom. The van der Waals surface area contributed by atoms with Crippen molar-refractivity contribution in [1.29, 1.82) is 0 Å². The van der Waals surface area contributed by atoms with Crippen LogP contribution in [0.1, 0.15) is 37.0 Å². The summed E-state index contributed by atoms with van der Waals surface area (Å²) in [6.45, 7) is -0.175. The highest BCUT2D eigenvalue weighted by Gasteiger charge is 2.29. The number of nitrogens with zero attached hydrogens (tertiary/aromatic N) is 2. The summed E-state index contributed by atoms with van der Waals surface area (Å²) < 4.78 is 25.2. The zero-order valence-electron chi connectivity index (χ0n) is 12.6. The normalized spacial score (nSPS) is 17.2. The summed E-state index contributed by atoms with van der Waals surface area (Å²) in [5, 5.41) is 5.77. The summed E-state index contributed by atoms with van der Waals surface area (Å²) in [7, 11) is -3.41. The third-order valence-electron chi connectivity index (χ3n) is 3.63. The maximum absolute atomic E-state index is 11.9. The number of sulfonamides is 1. The van der Waals surface area contributed by atoms with Gasteiger partial charge < -0.3 is 0 Å². The lowest BCUT2D eigenvalue weighted by atomic mass is 9.95. The molecular weight excluding hydrogens is 322 g/mol. The van der Waals surface area contributed by atoms with E-state index in [2.05, 4.69) is 10.5 Å². The van der Waals surface area contributed by atoms with Crippen molar-refractivity contribution in [3.05, 3.63) is 22.4 Å². The van der Waals surface area contributed by atoms with Crippen LogP contribution < -0.4 is 5.43 Å². The van der Waals surface area contributed by atoms with Crippen LogP contribution in [0.3, 0.4) is 0 Å². The molecule has 6 nitrogen and oxygen atoms in total. The van der Waals surface area contributed by atoms with E-state index < -0.39 is 15.9 Å². The molecular formula is C14H21N3O3S2. The van der Waals surface area contributed by atoms with Crippen molar-refractivity contribution in [2.24, 2.45) is 5.10 Å². The minimum absolute atomic E-state index is 0.0734. The van der Waals surface area contributed by atoms with Gasteiger partial charge in [-0.2, -0.15) is 9.41 Å². The highest BCUT2D eigenvalue weighted by Crippen LogP contribution is 2.24. The van der Waals surface area contributed by atoms with Gasteiger partial charge in [0.15, 0.2) is 0 Å². The Labute approximate surface area is 135 Å². The van der Waals surface area contributed by atoms with Gasteiger partial charge in [-0.3, -0.25) is 4.79 Å². The van der Waals surface area contributed by atoms with E-state index in [-0.39, 0.29) is 12.6 Å². The Kier molecular flexibility index (Phi) is 6.10. The summed E-state index contributed by atoms with van der Waals surface area (Å²) in [5.41, 5.74) is 2.39. The van der Waals surface area contributed by atoms with Crippen LogP contribution in [0.25, 0.3) is 0 Å². The fourth-order valence-electron chi connectivity index (χ4n) is 2.60. The number of hydrazone groups is 1. The molecule has 1 saturated carbocycles. The van der Waals surface area contributed by atoms with Gasteiger partial charge in [0.25, 0.3) is 5.91 Å². The zero-order valence-corrected chi connectivity index (χ0v) is 14.2. The van der Waals surface area contributed by atoms with Crippen LogP contribution >= 0.6 is 11.3 Å². The van der Waals surface area contributed by atoms with E-state index in [4.69, 9.17) is 0 Å². The monoisotopic (exact) mass is 343 g/mol. The first-order chi connectivity index (χ1) is 10.5. The second kappa shape index (κ2) is 7.85. The minimum Gasteiger partial charge on any atom is -0.272 e. The van der Waals surface area contributed by atoms with Gasteiger partial charge in [0, 0.05) is 10.9 Å². The standard InChI is InChI=1S/C14H21N3O3S2/c1-22(19,20)17(12-6-3-2-4-7-12)11-14(18)16-15-10-13-8-5-9-21-13/h5,8-10,12H,2-4,6-7,11H2,1H3,(H,16,18)/b15-10+. The van der Waals surface area contributed by atoms with Crippen LogP contribution in [0, 0.1) is 0 Å². The highest BCUT2D eigenvalue weighted by molar-refractivity contribution is 7.88. The van der Waals surface area contributed by atoms with Gasteiger partial charge in [0.05, 0.1) is 19.0 Å². The Morgan fingerprint density at radius 1 is 1.45 bits per heavy atom. The van der Waals surface area contributed by atoms with Crippen molar-refractivity contribution in [3.8, 4) is 0 Å². The van der Waals surface area contributed by atoms with Crippen molar-refractivity contribution < 1.29 is 13.2 Å². The molecule has 1 aliphatic carbocycles. The minimum atomic E-state index is -3.41. The molecule has 1 aliphatic rings. The van der Waals surface area contributed by atoms with Crippen molar-refractivity contribution >= 4 is 33.5 Å². The first-order valence-corrected chi connectivity index (χ1v) is 10.0. The van der Waals surface area contributed by atoms with Crippen LogP contribution in [0.15, 0.2) is 22.6 Å². The first-order valence-electron chi connectivity index (χ1n) is 7.29. The number of carbonyl (C=O) groups excluding carboxylic acids is 1. The van der Waals surface area contributed by atoms with Gasteiger partial charge >= 0.3 is 0 Å². The van der Waals surface area contributed by atoms with E-state index in [1.54, 1.807) is 6.21 Å². The molecule has 0 saturated heterocycles. The third-order valence-corrected chi connectivity index (χ3v) is 5.72. The first kappa shape index (κ1) is 17.1. The summed E-state index contributed by atoms with van der Waals surface area (Å²) in [6.07, 6.45) is 7.49. The Bertz CT molecular complexity index is 605. The summed E-state index contributed by atoms with van der Waals surface area (Å²) in [4.78, 5) is 12.9. The second-order valence-corrected chi connectivity index (χ2v) is 8.32. The van der Waals surface area contributed by atoms with Crippen LogP contribution in [0.5, 0.6) is 0 Å². The molecule has 2 rings (SSSR count). The lowest BCUT2D eigenvalue weighted by molar-refractivity contribution is -0.121. The predicted octanol–water partition coefficient (Wildman–Crippen LogP) is 1.79. The second-order valence-electron chi connectivity index (χ2n) is 5.41. The van der Waals surface area contributed by atoms with Crippen molar-refractivity contribution in [2.75, 3.05) is 12.8 Å². The van der Waals surface area contributed by atoms with Crippen LogP contribution in [-0.2, 0) is 14.8 Å². The summed E-state index contributed by atoms with van der Waals surface area (Å²) in [5.74, 6) is -0.413. The highest BCUT2D eigenvalue weighted by atomic mass is 32.2. The molecule has 0 aromatic carbocycles. The van der Waals surface area contributed by atoms with Crippen molar-refractivity contribution in [1.82, 2.24) is 9.73 Å². The topological polar surface area (TPSA) is 78.8 Å². The van der Waals surface area contributed by atoms with E-state index in [0.29, 0.717) is 0 Å². The molecule has 1 aromatic rings. The molecule has 0 atom stereocenters. The van der Waals surface area contributed by atoms with Gasteiger partial charge in [-0.1, -0.05) is 25.3 Å². The fraction of sp³-hybridized carbons (Fsp3) is 0.571. The largest absolute Gasteiger partial charge is 0.272 e. The summed E-state index contributed by atoms with van der Waals surface area (Å²) >= 11 is 1.51. The van der Waals surface area contributed by atoms with Gasteiger partial charge in [-0.05, 0) is 24.3 Å². The van der Waals surface area contributed by atoms with Crippen LogP contribution in [-0.4, -0.2) is 43.7 Å². The average molecular weight is 343 g/mol. The summed E-state index contributed by atoms with van der Waals surface area (Å²) in [6, 6.07) is 3.70. The molecule has 1 fully saturated rings.